The number of hydrogen-bond donors (Lipinski definition) is 1. The molecule has 1 N–H and O–H groups in total. The number of hydrogen-bond acceptors (Lipinski definition) is 4. The lowest BCUT2D eigenvalue weighted by atomic mass is 10.1. The molecule has 4 nitrogen and oxygen atoms in total. The van der Waals surface area contributed by atoms with Gasteiger partial charge in [0.25, 0.3) is 0 Å². The molecule has 1 aromatic rings. The van der Waals surface area contributed by atoms with Crippen LogP contribution in [0.25, 0.3) is 0 Å². The largest absolute Gasteiger partial charge is 0.316 e. The van der Waals surface area contributed by atoms with Gasteiger partial charge in [0.05, 0.1) is 17.5 Å². The minimum absolute atomic E-state index is 0.0300. The van der Waals surface area contributed by atoms with Crippen molar-refractivity contribution in [3.8, 4) is 0 Å². The van der Waals surface area contributed by atoms with Gasteiger partial charge < -0.3 is 4.90 Å². The summed E-state index contributed by atoms with van der Waals surface area (Å²) in [6.07, 6.45) is 0. The molecule has 2 atom stereocenters. The molecule has 0 spiro atoms. The lowest BCUT2D eigenvalue weighted by Crippen LogP contribution is -2.37. The Hall–Kier alpha value is -0.720. The van der Waals surface area contributed by atoms with Crippen LogP contribution in [0.1, 0.15) is 5.56 Å². The third-order valence-corrected chi connectivity index (χ3v) is 7.06. The van der Waals surface area contributed by atoms with Crippen molar-refractivity contribution in [3.63, 3.8) is 0 Å². The highest BCUT2D eigenvalue weighted by atomic mass is 35.5. The van der Waals surface area contributed by atoms with Crippen LogP contribution in [0.5, 0.6) is 0 Å². The molecule has 0 amide bonds. The Morgan fingerprint density at radius 2 is 2.16 bits per heavy atom. The van der Waals surface area contributed by atoms with E-state index in [1.54, 1.807) is 11.0 Å². The fourth-order valence-electron chi connectivity index (χ4n) is 2.54. The van der Waals surface area contributed by atoms with Crippen LogP contribution < -0.4 is 4.90 Å². The Morgan fingerprint density at radius 3 is 2.84 bits per heavy atom. The number of fused-ring (bicyclic) bond motifs is 1. The number of sulfone groups is 1. The number of aryl methyl sites for hydroxylation is 1. The predicted molar refractivity (Wildman–Crippen MR) is 80.2 cm³/mol. The van der Waals surface area contributed by atoms with E-state index in [0.717, 1.165) is 11.3 Å². The van der Waals surface area contributed by atoms with E-state index in [-0.39, 0.29) is 22.8 Å². The maximum absolute atomic E-state index is 11.7. The molecule has 2 aliphatic heterocycles. The lowest BCUT2D eigenvalue weighted by Gasteiger charge is -2.24. The number of halogens is 1. The molecule has 0 aromatic heterocycles. The van der Waals surface area contributed by atoms with Crippen molar-refractivity contribution in [1.29, 1.82) is 5.41 Å². The summed E-state index contributed by atoms with van der Waals surface area (Å²) in [4.78, 5) is 1.80. The van der Waals surface area contributed by atoms with Gasteiger partial charge in [-0.3, -0.25) is 5.41 Å². The fraction of sp³-hybridized carbons (Fsp3) is 0.417. The van der Waals surface area contributed by atoms with Crippen molar-refractivity contribution in [2.75, 3.05) is 16.4 Å². The van der Waals surface area contributed by atoms with Crippen LogP contribution in [-0.4, -0.2) is 36.4 Å². The standard InChI is InChI=1S/C12H13ClN2O2S2/c1-7-2-3-8(4-9(7)13)15-10-5-19(16,17)6-11(10)18-12(15)14/h2-4,10-11,14H,5-6H2,1H3/t10-,11-/m0/s1. The fourth-order valence-corrected chi connectivity index (χ4v) is 6.51. The molecule has 19 heavy (non-hydrogen) atoms. The Labute approximate surface area is 121 Å². The predicted octanol–water partition coefficient (Wildman–Crippen LogP) is 2.30. The zero-order valence-corrected chi connectivity index (χ0v) is 12.6. The molecule has 0 aliphatic carbocycles. The summed E-state index contributed by atoms with van der Waals surface area (Å²) in [7, 11) is -2.98. The molecule has 2 heterocycles. The Kier molecular flexibility index (Phi) is 3.07. The number of nitrogens with one attached hydrogen (secondary N) is 1. The minimum atomic E-state index is -2.98. The number of anilines is 1. The van der Waals surface area contributed by atoms with E-state index in [1.165, 1.54) is 11.8 Å². The van der Waals surface area contributed by atoms with Gasteiger partial charge in [-0.15, -0.1) is 0 Å². The highest BCUT2D eigenvalue weighted by molar-refractivity contribution is 8.15. The van der Waals surface area contributed by atoms with Gasteiger partial charge >= 0.3 is 0 Å². The lowest BCUT2D eigenvalue weighted by molar-refractivity contribution is 0.601. The quantitative estimate of drug-likeness (QED) is 0.863. The van der Waals surface area contributed by atoms with Gasteiger partial charge in [0.2, 0.25) is 0 Å². The maximum atomic E-state index is 11.7. The van der Waals surface area contributed by atoms with E-state index in [1.807, 2.05) is 19.1 Å². The second kappa shape index (κ2) is 4.40. The second-order valence-corrected chi connectivity index (χ2v) is 8.70. The molecule has 0 saturated carbocycles. The van der Waals surface area contributed by atoms with Gasteiger partial charge in [-0.1, -0.05) is 29.4 Å². The van der Waals surface area contributed by atoms with Crippen molar-refractivity contribution in [3.05, 3.63) is 28.8 Å². The minimum Gasteiger partial charge on any atom is -0.316 e. The Morgan fingerprint density at radius 1 is 1.42 bits per heavy atom. The highest BCUT2D eigenvalue weighted by Gasteiger charge is 2.48. The van der Waals surface area contributed by atoms with Gasteiger partial charge in [0.1, 0.15) is 0 Å². The summed E-state index contributed by atoms with van der Waals surface area (Å²) >= 11 is 7.46. The molecule has 3 rings (SSSR count). The van der Waals surface area contributed by atoms with E-state index < -0.39 is 9.84 Å². The van der Waals surface area contributed by atoms with Gasteiger partial charge in [-0.2, -0.15) is 0 Å². The van der Waals surface area contributed by atoms with Gasteiger partial charge in [-0.05, 0) is 24.6 Å². The molecule has 102 valence electrons. The van der Waals surface area contributed by atoms with Gasteiger partial charge in [-0.25, -0.2) is 8.42 Å². The van der Waals surface area contributed by atoms with Crippen LogP contribution in [-0.2, 0) is 9.84 Å². The third kappa shape index (κ3) is 2.26. The summed E-state index contributed by atoms with van der Waals surface area (Å²) in [5.41, 5.74) is 1.78. The Bertz CT molecular complexity index is 660. The molecule has 2 aliphatic rings. The molecular weight excluding hydrogens is 304 g/mol. The molecular formula is C12H13ClN2O2S2. The maximum Gasteiger partial charge on any atom is 0.161 e. The molecule has 2 fully saturated rings. The number of benzene rings is 1. The van der Waals surface area contributed by atoms with Gasteiger partial charge in [0.15, 0.2) is 15.0 Å². The summed E-state index contributed by atoms with van der Waals surface area (Å²) in [6, 6.07) is 5.45. The van der Waals surface area contributed by atoms with E-state index in [4.69, 9.17) is 17.0 Å². The van der Waals surface area contributed by atoms with Crippen LogP contribution in [0.2, 0.25) is 5.02 Å². The topological polar surface area (TPSA) is 61.2 Å². The van der Waals surface area contributed by atoms with Crippen LogP contribution >= 0.6 is 23.4 Å². The monoisotopic (exact) mass is 316 g/mol. The normalized spacial score (nSPS) is 28.7. The molecule has 0 unspecified atom stereocenters. The summed E-state index contributed by atoms with van der Waals surface area (Å²) in [5.74, 6) is 0.291. The number of rotatable bonds is 1. The van der Waals surface area contributed by atoms with E-state index in [9.17, 15) is 8.42 Å². The Balaban J connectivity index is 1.99. The molecule has 2 saturated heterocycles. The average molecular weight is 317 g/mol. The van der Waals surface area contributed by atoms with Crippen molar-refractivity contribution in [1.82, 2.24) is 0 Å². The summed E-state index contributed by atoms with van der Waals surface area (Å²) in [6.45, 7) is 1.92. The van der Waals surface area contributed by atoms with Gasteiger partial charge in [0, 0.05) is 16.0 Å². The first-order valence-electron chi connectivity index (χ1n) is 5.88. The zero-order chi connectivity index (χ0) is 13.8. The average Bonchev–Trinajstić information content (AvgIpc) is 2.73. The number of amidine groups is 1. The van der Waals surface area contributed by atoms with Crippen LogP contribution in [0.4, 0.5) is 5.69 Å². The number of nitrogens with zero attached hydrogens (tertiary/aromatic N) is 1. The van der Waals surface area contributed by atoms with Crippen molar-refractivity contribution in [2.45, 2.75) is 18.2 Å². The first kappa shape index (κ1) is 13.3. The summed E-state index contributed by atoms with van der Waals surface area (Å²) < 4.78 is 23.4. The van der Waals surface area contributed by atoms with E-state index in [2.05, 4.69) is 0 Å². The SMILES string of the molecule is Cc1ccc(N2C(=N)S[C@H]3CS(=O)(=O)C[C@@H]32)cc1Cl. The first-order chi connectivity index (χ1) is 8.87. The first-order valence-corrected chi connectivity index (χ1v) is 8.96. The smallest absolute Gasteiger partial charge is 0.161 e. The molecule has 7 heteroatoms. The van der Waals surface area contributed by atoms with Crippen LogP contribution in [0, 0.1) is 12.3 Å². The molecule has 1 aromatic carbocycles. The molecule has 0 bridgehead atoms. The molecule has 0 radical (unpaired) electrons. The van der Waals surface area contributed by atoms with E-state index >= 15 is 0 Å². The van der Waals surface area contributed by atoms with Crippen molar-refractivity contribution in [2.24, 2.45) is 0 Å². The van der Waals surface area contributed by atoms with Crippen molar-refractivity contribution < 1.29 is 8.42 Å². The third-order valence-electron chi connectivity index (χ3n) is 3.52. The highest BCUT2D eigenvalue weighted by Crippen LogP contribution is 2.40. The second-order valence-electron chi connectivity index (χ2n) is 4.91. The van der Waals surface area contributed by atoms with Crippen LogP contribution in [0.15, 0.2) is 18.2 Å². The van der Waals surface area contributed by atoms with Crippen molar-refractivity contribution >= 4 is 44.1 Å². The number of thioether (sulfide) groups is 1. The van der Waals surface area contributed by atoms with E-state index in [0.29, 0.717) is 10.2 Å². The summed E-state index contributed by atoms with van der Waals surface area (Å²) in [5, 5.41) is 9.06. The zero-order valence-electron chi connectivity index (χ0n) is 10.3. The van der Waals surface area contributed by atoms with Crippen LogP contribution in [0.3, 0.4) is 0 Å².